The Morgan fingerprint density at radius 1 is 1.29 bits per heavy atom. The van der Waals surface area contributed by atoms with E-state index in [-0.39, 0.29) is 5.91 Å². The number of amides is 1. The Morgan fingerprint density at radius 2 is 2.14 bits per heavy atom. The first-order valence-corrected chi connectivity index (χ1v) is 7.29. The molecule has 1 aliphatic rings. The number of fused-ring (bicyclic) bond motifs is 1. The lowest BCUT2D eigenvalue weighted by Crippen LogP contribution is -2.32. The van der Waals surface area contributed by atoms with E-state index in [1.807, 2.05) is 23.1 Å². The Balaban J connectivity index is 1.89. The normalized spacial score (nSPS) is 14.6. The Hall–Kier alpha value is -2.21. The highest BCUT2D eigenvalue weighted by molar-refractivity contribution is 6.05. The molecular weight excluding hydrogens is 266 g/mol. The van der Waals surface area contributed by atoms with Crippen LogP contribution in [0.15, 0.2) is 30.5 Å². The van der Waals surface area contributed by atoms with E-state index >= 15 is 0 Å². The van der Waals surface area contributed by atoms with Crippen molar-refractivity contribution in [3.8, 4) is 0 Å². The van der Waals surface area contributed by atoms with E-state index in [9.17, 15) is 4.79 Å². The minimum Gasteiger partial charge on any atom is -0.329 e. The first-order chi connectivity index (χ1) is 10.3. The van der Waals surface area contributed by atoms with Crippen molar-refractivity contribution in [2.24, 2.45) is 5.73 Å². The minimum atomic E-state index is -0.0902. The van der Waals surface area contributed by atoms with E-state index in [2.05, 4.69) is 16.4 Å². The highest BCUT2D eigenvalue weighted by Gasteiger charge is 2.24. The maximum absolute atomic E-state index is 12.7. The van der Waals surface area contributed by atoms with Gasteiger partial charge in [0.2, 0.25) is 0 Å². The molecule has 21 heavy (non-hydrogen) atoms. The highest BCUT2D eigenvalue weighted by Crippen LogP contribution is 2.27. The van der Waals surface area contributed by atoms with Crippen LogP contribution in [0.4, 0.5) is 5.69 Å². The molecule has 1 amide bonds. The molecule has 0 fully saturated rings. The van der Waals surface area contributed by atoms with Gasteiger partial charge in [-0.2, -0.15) is 0 Å². The predicted molar refractivity (Wildman–Crippen MR) is 80.1 cm³/mol. The molecule has 3 rings (SSSR count). The van der Waals surface area contributed by atoms with Gasteiger partial charge >= 0.3 is 0 Å². The number of rotatable bonds is 3. The van der Waals surface area contributed by atoms with Crippen molar-refractivity contribution < 1.29 is 4.79 Å². The summed E-state index contributed by atoms with van der Waals surface area (Å²) in [6, 6.07) is 8.08. The van der Waals surface area contributed by atoms with E-state index in [0.29, 0.717) is 18.8 Å². The summed E-state index contributed by atoms with van der Waals surface area (Å²) in [5, 5.41) is 7.92. The van der Waals surface area contributed by atoms with Gasteiger partial charge in [-0.3, -0.25) is 9.48 Å². The summed E-state index contributed by atoms with van der Waals surface area (Å²) in [4.78, 5) is 14.5. The lowest BCUT2D eigenvalue weighted by molar-refractivity contribution is 0.0982. The van der Waals surface area contributed by atoms with Crippen molar-refractivity contribution in [2.75, 3.05) is 18.0 Å². The maximum Gasteiger partial charge on any atom is 0.280 e. The van der Waals surface area contributed by atoms with Crippen LogP contribution in [0.5, 0.6) is 0 Å². The zero-order valence-electron chi connectivity index (χ0n) is 11.9. The van der Waals surface area contributed by atoms with E-state index < -0.39 is 0 Å². The molecule has 6 heteroatoms. The smallest absolute Gasteiger partial charge is 0.280 e. The molecule has 0 atom stereocenters. The average molecular weight is 285 g/mol. The molecule has 6 nitrogen and oxygen atoms in total. The van der Waals surface area contributed by atoms with Crippen molar-refractivity contribution in [3.63, 3.8) is 0 Å². The largest absolute Gasteiger partial charge is 0.329 e. The topological polar surface area (TPSA) is 77.0 Å². The number of para-hydroxylation sites is 1. The summed E-state index contributed by atoms with van der Waals surface area (Å²) in [5.41, 5.74) is 8.08. The number of nitrogens with zero attached hydrogens (tertiary/aromatic N) is 4. The number of anilines is 1. The number of hydrogen-bond acceptors (Lipinski definition) is 4. The number of benzene rings is 1. The van der Waals surface area contributed by atoms with Gasteiger partial charge in [-0.15, -0.1) is 5.10 Å². The molecule has 0 spiro atoms. The average Bonchev–Trinajstić information content (AvgIpc) is 2.86. The molecular formula is C15H19N5O. The number of nitrogens with two attached hydrogens (primary N) is 1. The van der Waals surface area contributed by atoms with Crippen molar-refractivity contribution in [1.82, 2.24) is 15.0 Å². The molecule has 2 aromatic rings. The maximum atomic E-state index is 12.7. The first kappa shape index (κ1) is 13.8. The Labute approximate surface area is 123 Å². The Morgan fingerprint density at radius 3 is 3.00 bits per heavy atom. The van der Waals surface area contributed by atoms with Crippen LogP contribution in [0, 0.1) is 0 Å². The molecule has 0 aliphatic carbocycles. The van der Waals surface area contributed by atoms with Gasteiger partial charge in [0.05, 0.1) is 12.7 Å². The van der Waals surface area contributed by atoms with Crippen LogP contribution in [0.25, 0.3) is 0 Å². The third-order valence-electron chi connectivity index (χ3n) is 3.72. The standard InChI is InChI=1S/C15H19N5O/c16-8-10-19-11-13(17-18-19)15(21)20-9-4-3-6-12-5-1-2-7-14(12)20/h1-2,5,7,11H,3-4,6,8-10,16H2. The third kappa shape index (κ3) is 2.80. The van der Waals surface area contributed by atoms with Crippen LogP contribution in [0.3, 0.4) is 0 Å². The van der Waals surface area contributed by atoms with Gasteiger partial charge in [0.1, 0.15) is 0 Å². The van der Waals surface area contributed by atoms with Crippen molar-refractivity contribution in [2.45, 2.75) is 25.8 Å². The lowest BCUT2D eigenvalue weighted by atomic mass is 10.1. The van der Waals surface area contributed by atoms with Crippen LogP contribution in [0.2, 0.25) is 0 Å². The summed E-state index contributed by atoms with van der Waals surface area (Å²) >= 11 is 0. The summed E-state index contributed by atoms with van der Waals surface area (Å²) in [7, 11) is 0. The van der Waals surface area contributed by atoms with Gasteiger partial charge in [-0.1, -0.05) is 23.4 Å². The van der Waals surface area contributed by atoms with Gasteiger partial charge < -0.3 is 10.6 Å². The molecule has 1 aromatic heterocycles. The van der Waals surface area contributed by atoms with Crippen molar-refractivity contribution in [3.05, 3.63) is 41.7 Å². The molecule has 1 aliphatic heterocycles. The molecule has 1 aromatic carbocycles. The van der Waals surface area contributed by atoms with Gasteiger partial charge in [0.15, 0.2) is 5.69 Å². The number of aryl methyl sites for hydroxylation is 1. The molecule has 2 heterocycles. The SMILES string of the molecule is NCCn1cc(C(=O)N2CCCCc3ccccc32)nn1. The van der Waals surface area contributed by atoms with E-state index in [4.69, 9.17) is 5.73 Å². The van der Waals surface area contributed by atoms with Crippen LogP contribution in [0.1, 0.15) is 28.9 Å². The first-order valence-electron chi connectivity index (χ1n) is 7.29. The fourth-order valence-electron chi connectivity index (χ4n) is 2.68. The Bertz CT molecular complexity index is 636. The summed E-state index contributed by atoms with van der Waals surface area (Å²) < 4.78 is 1.61. The number of carbonyl (C=O) groups excluding carboxylic acids is 1. The van der Waals surface area contributed by atoms with E-state index in [0.717, 1.165) is 31.5 Å². The fraction of sp³-hybridized carbons (Fsp3) is 0.400. The fourth-order valence-corrected chi connectivity index (χ4v) is 2.68. The summed E-state index contributed by atoms with van der Waals surface area (Å²) in [6.07, 6.45) is 4.78. The molecule has 2 N–H and O–H groups in total. The highest BCUT2D eigenvalue weighted by atomic mass is 16.2. The Kier molecular flexibility index (Phi) is 3.96. The van der Waals surface area contributed by atoms with Gasteiger partial charge in [0, 0.05) is 18.8 Å². The monoisotopic (exact) mass is 285 g/mol. The third-order valence-corrected chi connectivity index (χ3v) is 3.72. The second kappa shape index (κ2) is 6.05. The van der Waals surface area contributed by atoms with Gasteiger partial charge in [-0.05, 0) is 30.9 Å². The summed E-state index contributed by atoms with van der Waals surface area (Å²) in [5.74, 6) is -0.0902. The minimum absolute atomic E-state index is 0.0902. The number of aromatic nitrogens is 3. The molecule has 0 bridgehead atoms. The lowest BCUT2D eigenvalue weighted by Gasteiger charge is -2.21. The zero-order chi connectivity index (χ0) is 14.7. The molecule has 110 valence electrons. The van der Waals surface area contributed by atoms with E-state index in [1.54, 1.807) is 10.9 Å². The number of carbonyl (C=O) groups is 1. The predicted octanol–water partition coefficient (Wildman–Crippen LogP) is 1.22. The molecule has 0 radical (unpaired) electrons. The van der Waals surface area contributed by atoms with Gasteiger partial charge in [0.25, 0.3) is 5.91 Å². The van der Waals surface area contributed by atoms with Crippen LogP contribution in [-0.2, 0) is 13.0 Å². The quantitative estimate of drug-likeness (QED) is 0.920. The van der Waals surface area contributed by atoms with Crippen LogP contribution < -0.4 is 10.6 Å². The molecule has 0 saturated heterocycles. The van der Waals surface area contributed by atoms with Crippen LogP contribution in [-0.4, -0.2) is 34.0 Å². The molecule has 0 unspecified atom stereocenters. The van der Waals surface area contributed by atoms with E-state index in [1.165, 1.54) is 5.56 Å². The number of hydrogen-bond donors (Lipinski definition) is 1. The zero-order valence-corrected chi connectivity index (χ0v) is 11.9. The van der Waals surface area contributed by atoms with Gasteiger partial charge in [-0.25, -0.2) is 0 Å². The molecule has 0 saturated carbocycles. The summed E-state index contributed by atoms with van der Waals surface area (Å²) in [6.45, 7) is 1.76. The van der Waals surface area contributed by atoms with Crippen molar-refractivity contribution >= 4 is 11.6 Å². The second-order valence-corrected chi connectivity index (χ2v) is 5.20. The van der Waals surface area contributed by atoms with Crippen molar-refractivity contribution in [1.29, 1.82) is 0 Å². The second-order valence-electron chi connectivity index (χ2n) is 5.20. The van der Waals surface area contributed by atoms with Crippen LogP contribution >= 0.6 is 0 Å².